The molecule has 0 radical (unpaired) electrons. The van der Waals surface area contributed by atoms with Crippen molar-refractivity contribution in [1.82, 2.24) is 19.5 Å². The predicted molar refractivity (Wildman–Crippen MR) is 110 cm³/mol. The van der Waals surface area contributed by atoms with E-state index in [-0.39, 0.29) is 54.6 Å². The topological polar surface area (TPSA) is 199 Å². The van der Waals surface area contributed by atoms with Crippen molar-refractivity contribution in [2.24, 2.45) is 15.8 Å². The Morgan fingerprint density at radius 1 is 1.50 bits per heavy atom. The maximum absolute atomic E-state index is 12.1. The smallest absolute Gasteiger partial charge is 0.394 e. The number of imidazole rings is 1. The Morgan fingerprint density at radius 2 is 2.28 bits per heavy atom. The van der Waals surface area contributed by atoms with Gasteiger partial charge in [0.15, 0.2) is 11.2 Å². The van der Waals surface area contributed by atoms with Crippen LogP contribution in [0.15, 0.2) is 16.2 Å². The first-order chi connectivity index (χ1) is 15.4. The van der Waals surface area contributed by atoms with E-state index in [0.717, 1.165) is 0 Å². The van der Waals surface area contributed by atoms with Crippen molar-refractivity contribution in [3.63, 3.8) is 0 Å². The average Bonchev–Trinajstić information content (AvgIpc) is 3.37. The standard InChI is InChI=1S/C16H20N9O6P/c1-7(2)13(27)21-15-20-12-11(14(22-15)31-16(28)23-32)18-5-25(12)10-3-8(9(4-26)30-10)29-6-19-24-17/h5,7-10,26,32H,3-4,6H2,1-2H3,(H,20,21,22,27)/t8-,9-,10-/m1/s1. The van der Waals surface area contributed by atoms with E-state index >= 15 is 0 Å². The number of carbonyl (C=O) groups is 2. The van der Waals surface area contributed by atoms with E-state index in [1.807, 2.05) is 0 Å². The summed E-state index contributed by atoms with van der Waals surface area (Å²) in [5.74, 6) is -1.02. The lowest BCUT2D eigenvalue weighted by atomic mass is 10.2. The molecule has 0 spiro atoms. The van der Waals surface area contributed by atoms with Crippen LogP contribution in [0.5, 0.6) is 5.88 Å². The van der Waals surface area contributed by atoms with Crippen molar-refractivity contribution in [3.05, 3.63) is 16.8 Å². The largest absolute Gasteiger partial charge is 0.443 e. The van der Waals surface area contributed by atoms with Gasteiger partial charge < -0.3 is 19.3 Å². The van der Waals surface area contributed by atoms with Crippen LogP contribution in [0.4, 0.5) is 10.7 Å². The van der Waals surface area contributed by atoms with Gasteiger partial charge in [0, 0.05) is 26.3 Å². The van der Waals surface area contributed by atoms with E-state index in [4.69, 9.17) is 19.7 Å². The molecule has 1 fully saturated rings. The maximum Gasteiger partial charge on any atom is 0.443 e. The molecule has 2 aromatic rings. The van der Waals surface area contributed by atoms with Crippen LogP contribution in [0.25, 0.3) is 21.6 Å². The molecule has 1 saturated heterocycles. The Kier molecular flexibility index (Phi) is 7.62. The number of hydrogen-bond acceptors (Lipinski definition) is 10. The van der Waals surface area contributed by atoms with Crippen LogP contribution in [-0.4, -0.2) is 62.2 Å². The molecule has 2 N–H and O–H groups in total. The summed E-state index contributed by atoms with van der Waals surface area (Å²) in [6.45, 7) is 2.84. The van der Waals surface area contributed by atoms with Crippen LogP contribution in [0, 0.1) is 5.92 Å². The Balaban J connectivity index is 1.97. The van der Waals surface area contributed by atoms with Gasteiger partial charge >= 0.3 is 6.09 Å². The van der Waals surface area contributed by atoms with E-state index in [0.29, 0.717) is 0 Å². The van der Waals surface area contributed by atoms with Crippen LogP contribution < -0.4 is 10.1 Å². The maximum atomic E-state index is 12.1. The summed E-state index contributed by atoms with van der Waals surface area (Å²) in [7, 11) is 2.70. The highest BCUT2D eigenvalue weighted by Crippen LogP contribution is 2.34. The molecule has 2 aromatic heterocycles. The quantitative estimate of drug-likeness (QED) is 0.254. The summed E-state index contributed by atoms with van der Waals surface area (Å²) in [6, 6.07) is 0. The molecule has 1 aliphatic rings. The fourth-order valence-corrected chi connectivity index (χ4v) is 3.00. The Bertz CT molecular complexity index is 1070. The van der Waals surface area contributed by atoms with E-state index in [1.165, 1.54) is 10.9 Å². The zero-order valence-electron chi connectivity index (χ0n) is 17.1. The summed E-state index contributed by atoms with van der Waals surface area (Å²) >= 11 is 0. The molecule has 1 aliphatic heterocycles. The summed E-state index contributed by atoms with van der Waals surface area (Å²) in [5, 5.41) is 15.5. The van der Waals surface area contributed by atoms with Crippen molar-refractivity contribution in [3.8, 4) is 5.88 Å². The van der Waals surface area contributed by atoms with E-state index < -0.39 is 24.5 Å². The molecular formula is C16H20N9O6P. The Morgan fingerprint density at radius 3 is 2.94 bits per heavy atom. The van der Waals surface area contributed by atoms with Crippen LogP contribution in [0.2, 0.25) is 0 Å². The summed E-state index contributed by atoms with van der Waals surface area (Å²) in [6.07, 6.45) is -1.22. The van der Waals surface area contributed by atoms with Crippen molar-refractivity contribution in [2.45, 2.75) is 38.7 Å². The molecule has 32 heavy (non-hydrogen) atoms. The molecule has 0 aliphatic carbocycles. The predicted octanol–water partition coefficient (Wildman–Crippen LogP) is 2.18. The number of nitrogens with zero attached hydrogens (tertiary/aromatic N) is 8. The fraction of sp³-hybridized carbons (Fsp3) is 0.562. The summed E-state index contributed by atoms with van der Waals surface area (Å²) in [4.78, 5) is 39.0. The van der Waals surface area contributed by atoms with Gasteiger partial charge in [-0.05, 0) is 5.53 Å². The molecular weight excluding hydrogens is 445 g/mol. The molecule has 16 heteroatoms. The lowest BCUT2D eigenvalue weighted by Gasteiger charge is -2.15. The summed E-state index contributed by atoms with van der Waals surface area (Å²) in [5.41, 5.74) is 8.73. The van der Waals surface area contributed by atoms with Gasteiger partial charge in [-0.15, -0.1) is 0 Å². The Labute approximate surface area is 183 Å². The first-order valence-corrected chi connectivity index (χ1v) is 9.86. The van der Waals surface area contributed by atoms with Crippen LogP contribution in [0.3, 0.4) is 0 Å². The van der Waals surface area contributed by atoms with Gasteiger partial charge in [-0.2, -0.15) is 14.7 Å². The van der Waals surface area contributed by atoms with Crippen molar-refractivity contribution < 1.29 is 28.9 Å². The second kappa shape index (κ2) is 10.4. The summed E-state index contributed by atoms with van der Waals surface area (Å²) < 4.78 is 21.1. The second-order valence-electron chi connectivity index (χ2n) is 6.91. The molecule has 0 aromatic carbocycles. The molecule has 3 atom stereocenters. The number of amides is 2. The van der Waals surface area contributed by atoms with Crippen LogP contribution in [0.1, 0.15) is 26.5 Å². The molecule has 2 amide bonds. The molecule has 15 nitrogen and oxygen atoms in total. The van der Waals surface area contributed by atoms with Crippen molar-refractivity contribution >= 4 is 38.1 Å². The SMILES string of the molecule is CC(C)C(=O)Nc1nc(OC(=O)N=P)c2ncn([C@H]3C[C@@H](OCN=[N+]=[N-])[C@@H](CO)O3)c2n1. The average molecular weight is 465 g/mol. The zero-order valence-corrected chi connectivity index (χ0v) is 18.1. The first kappa shape index (κ1) is 23.4. The van der Waals surface area contributed by atoms with Crippen LogP contribution >= 0.6 is 9.03 Å². The lowest BCUT2D eigenvalue weighted by Crippen LogP contribution is -2.27. The number of hydrogen-bond donors (Lipinski definition) is 2. The monoisotopic (exact) mass is 465 g/mol. The van der Waals surface area contributed by atoms with Crippen molar-refractivity contribution in [1.29, 1.82) is 0 Å². The van der Waals surface area contributed by atoms with Crippen LogP contribution in [-0.2, 0) is 14.3 Å². The third-order valence-electron chi connectivity index (χ3n) is 4.50. The van der Waals surface area contributed by atoms with Gasteiger partial charge in [0.1, 0.15) is 19.1 Å². The third kappa shape index (κ3) is 5.15. The molecule has 0 bridgehead atoms. The van der Waals surface area contributed by atoms with Gasteiger partial charge in [-0.1, -0.05) is 19.0 Å². The number of nitrogens with one attached hydrogen (secondary N) is 1. The zero-order chi connectivity index (χ0) is 23.3. The third-order valence-corrected chi connectivity index (χ3v) is 4.69. The van der Waals surface area contributed by atoms with E-state index in [1.54, 1.807) is 13.8 Å². The van der Waals surface area contributed by atoms with Gasteiger partial charge in [0.05, 0.1) is 19.0 Å². The van der Waals surface area contributed by atoms with E-state index in [2.05, 4.69) is 44.1 Å². The number of carbonyl (C=O) groups excluding carboxylic acids is 2. The van der Waals surface area contributed by atoms with E-state index in [9.17, 15) is 14.7 Å². The minimum atomic E-state index is -0.985. The molecule has 170 valence electrons. The molecule has 3 rings (SSSR count). The minimum Gasteiger partial charge on any atom is -0.394 e. The first-order valence-electron chi connectivity index (χ1n) is 9.41. The minimum absolute atomic E-state index is 0.109. The van der Waals surface area contributed by atoms with Gasteiger partial charge in [-0.25, -0.2) is 9.78 Å². The number of aliphatic hydroxyl groups excluding tert-OH is 1. The number of rotatable bonds is 8. The molecule has 0 unspecified atom stereocenters. The number of aromatic nitrogens is 4. The highest BCUT2D eigenvalue weighted by atomic mass is 31.0. The highest BCUT2D eigenvalue weighted by Gasteiger charge is 2.37. The fourth-order valence-electron chi connectivity index (χ4n) is 2.95. The number of aliphatic hydroxyl groups is 1. The normalized spacial score (nSPS) is 20.2. The number of anilines is 1. The van der Waals surface area contributed by atoms with Crippen molar-refractivity contribution in [2.75, 3.05) is 18.7 Å². The number of fused-ring (bicyclic) bond motifs is 1. The van der Waals surface area contributed by atoms with Gasteiger partial charge in [0.2, 0.25) is 11.9 Å². The Hall–Kier alpha value is -3.22. The molecule has 3 heterocycles. The van der Waals surface area contributed by atoms with Gasteiger partial charge in [0.25, 0.3) is 5.88 Å². The van der Waals surface area contributed by atoms with Gasteiger partial charge in [-0.3, -0.25) is 14.7 Å². The number of azide groups is 1. The number of ether oxygens (including phenoxy) is 3. The second-order valence-corrected chi connectivity index (χ2v) is 7.14. The molecule has 0 saturated carbocycles. The highest BCUT2D eigenvalue weighted by molar-refractivity contribution is 7.04. The lowest BCUT2D eigenvalue weighted by molar-refractivity contribution is -0.118.